The Morgan fingerprint density at radius 1 is 1.30 bits per heavy atom. The molecule has 0 saturated carbocycles. The SMILES string of the molecule is COc1c(N)cc(S(=O)(=O)N2CC(C)C(C)C2)cc1F. The first-order valence-electron chi connectivity index (χ1n) is 6.40. The van der Waals surface area contributed by atoms with E-state index in [0.29, 0.717) is 13.1 Å². The van der Waals surface area contributed by atoms with Gasteiger partial charge >= 0.3 is 0 Å². The molecule has 1 aromatic carbocycles. The third-order valence-corrected chi connectivity index (χ3v) is 5.65. The second kappa shape index (κ2) is 5.21. The fourth-order valence-corrected chi connectivity index (χ4v) is 4.06. The maximum atomic E-state index is 13.8. The third-order valence-electron chi connectivity index (χ3n) is 3.84. The lowest BCUT2D eigenvalue weighted by molar-refractivity contribution is 0.387. The van der Waals surface area contributed by atoms with Crippen LogP contribution >= 0.6 is 0 Å². The van der Waals surface area contributed by atoms with Crippen molar-refractivity contribution in [2.45, 2.75) is 18.7 Å². The molecule has 0 spiro atoms. The molecule has 0 radical (unpaired) electrons. The molecule has 0 bridgehead atoms. The van der Waals surface area contributed by atoms with E-state index in [1.165, 1.54) is 17.5 Å². The molecule has 1 aromatic rings. The number of rotatable bonds is 3. The molecule has 0 aromatic heterocycles. The van der Waals surface area contributed by atoms with Crippen LogP contribution in [0.4, 0.5) is 10.1 Å². The second-order valence-corrected chi connectivity index (χ2v) is 7.24. The Kier molecular flexibility index (Phi) is 3.93. The summed E-state index contributed by atoms with van der Waals surface area (Å²) >= 11 is 0. The van der Waals surface area contributed by atoms with Crippen LogP contribution in [0.2, 0.25) is 0 Å². The average molecular weight is 302 g/mol. The van der Waals surface area contributed by atoms with E-state index in [0.717, 1.165) is 6.07 Å². The number of ether oxygens (including phenoxy) is 1. The summed E-state index contributed by atoms with van der Waals surface area (Å²) in [6.45, 7) is 4.89. The molecule has 7 heteroatoms. The van der Waals surface area contributed by atoms with Crippen molar-refractivity contribution in [3.63, 3.8) is 0 Å². The number of nitrogens with zero attached hydrogens (tertiary/aromatic N) is 1. The van der Waals surface area contributed by atoms with Crippen LogP contribution in [0, 0.1) is 17.7 Å². The Balaban J connectivity index is 2.41. The van der Waals surface area contributed by atoms with Crippen molar-refractivity contribution in [2.75, 3.05) is 25.9 Å². The number of benzene rings is 1. The van der Waals surface area contributed by atoms with E-state index < -0.39 is 15.8 Å². The molecule has 1 aliphatic rings. The lowest BCUT2D eigenvalue weighted by atomic mass is 10.0. The van der Waals surface area contributed by atoms with E-state index >= 15 is 0 Å². The summed E-state index contributed by atoms with van der Waals surface area (Å²) in [5, 5.41) is 0. The molecule has 0 aliphatic carbocycles. The molecule has 2 unspecified atom stereocenters. The van der Waals surface area contributed by atoms with Gasteiger partial charge in [0.1, 0.15) is 0 Å². The number of nitrogen functional groups attached to an aromatic ring is 1. The number of hydrogen-bond donors (Lipinski definition) is 1. The lowest BCUT2D eigenvalue weighted by Gasteiger charge is -2.17. The zero-order valence-electron chi connectivity index (χ0n) is 11.8. The Morgan fingerprint density at radius 2 is 1.85 bits per heavy atom. The molecule has 0 amide bonds. The summed E-state index contributed by atoms with van der Waals surface area (Å²) in [5.41, 5.74) is 5.61. The number of halogens is 1. The van der Waals surface area contributed by atoms with E-state index in [9.17, 15) is 12.8 Å². The van der Waals surface area contributed by atoms with Crippen molar-refractivity contribution in [3.8, 4) is 5.75 Å². The van der Waals surface area contributed by atoms with Gasteiger partial charge in [0.2, 0.25) is 10.0 Å². The highest BCUT2D eigenvalue weighted by Crippen LogP contribution is 2.32. The minimum Gasteiger partial charge on any atom is -0.492 e. The number of hydrogen-bond acceptors (Lipinski definition) is 4. The fraction of sp³-hybridized carbons (Fsp3) is 0.538. The van der Waals surface area contributed by atoms with Crippen molar-refractivity contribution in [3.05, 3.63) is 17.9 Å². The Hall–Kier alpha value is -1.34. The zero-order chi connectivity index (χ0) is 15.1. The molecule has 1 fully saturated rings. The van der Waals surface area contributed by atoms with Gasteiger partial charge in [-0.3, -0.25) is 0 Å². The first-order valence-corrected chi connectivity index (χ1v) is 7.84. The van der Waals surface area contributed by atoms with E-state index in [1.54, 1.807) is 0 Å². The summed E-state index contributed by atoms with van der Waals surface area (Å²) in [7, 11) is -2.43. The van der Waals surface area contributed by atoms with Gasteiger partial charge in [-0.1, -0.05) is 13.8 Å². The molecule has 2 rings (SSSR count). The van der Waals surface area contributed by atoms with Crippen LogP contribution in [0.5, 0.6) is 5.75 Å². The van der Waals surface area contributed by atoms with Gasteiger partial charge in [-0.15, -0.1) is 0 Å². The van der Waals surface area contributed by atoms with Gasteiger partial charge in [0.25, 0.3) is 0 Å². The van der Waals surface area contributed by atoms with Crippen molar-refractivity contribution >= 4 is 15.7 Å². The minimum absolute atomic E-state index is 0.0219. The predicted molar refractivity (Wildman–Crippen MR) is 74.5 cm³/mol. The van der Waals surface area contributed by atoms with Gasteiger partial charge < -0.3 is 10.5 Å². The van der Waals surface area contributed by atoms with Crippen LogP contribution < -0.4 is 10.5 Å². The quantitative estimate of drug-likeness (QED) is 0.862. The number of sulfonamides is 1. The van der Waals surface area contributed by atoms with Crippen LogP contribution in [0.15, 0.2) is 17.0 Å². The van der Waals surface area contributed by atoms with Crippen LogP contribution in [0.3, 0.4) is 0 Å². The largest absolute Gasteiger partial charge is 0.492 e. The number of methoxy groups -OCH3 is 1. The van der Waals surface area contributed by atoms with E-state index in [-0.39, 0.29) is 28.2 Å². The number of anilines is 1. The molecule has 112 valence electrons. The predicted octanol–water partition coefficient (Wildman–Crippen LogP) is 1.69. The fourth-order valence-electron chi connectivity index (χ4n) is 2.38. The topological polar surface area (TPSA) is 72.6 Å². The van der Waals surface area contributed by atoms with Gasteiger partial charge in [0, 0.05) is 13.1 Å². The zero-order valence-corrected chi connectivity index (χ0v) is 12.6. The van der Waals surface area contributed by atoms with Crippen molar-refractivity contribution in [1.29, 1.82) is 0 Å². The second-order valence-electron chi connectivity index (χ2n) is 5.30. The molecular formula is C13H19FN2O3S. The lowest BCUT2D eigenvalue weighted by Crippen LogP contribution is -2.29. The molecule has 1 heterocycles. The maximum absolute atomic E-state index is 13.8. The van der Waals surface area contributed by atoms with E-state index in [2.05, 4.69) is 0 Å². The molecule has 1 aliphatic heterocycles. The smallest absolute Gasteiger partial charge is 0.243 e. The van der Waals surface area contributed by atoms with Crippen LogP contribution in [0.1, 0.15) is 13.8 Å². The number of nitrogens with two attached hydrogens (primary N) is 1. The van der Waals surface area contributed by atoms with Crippen molar-refractivity contribution < 1.29 is 17.5 Å². The minimum atomic E-state index is -3.72. The standard InChI is InChI=1S/C13H19FN2O3S/c1-8-6-16(7-9(8)2)20(17,18)10-4-11(14)13(19-3)12(15)5-10/h4-5,8-9H,6-7,15H2,1-3H3. The molecule has 1 saturated heterocycles. The normalized spacial score (nSPS) is 24.0. The molecule has 2 N–H and O–H groups in total. The van der Waals surface area contributed by atoms with Gasteiger partial charge in [-0.2, -0.15) is 4.31 Å². The summed E-state index contributed by atoms with van der Waals surface area (Å²) in [4.78, 5) is -0.130. The molecule has 5 nitrogen and oxygen atoms in total. The van der Waals surface area contributed by atoms with E-state index in [4.69, 9.17) is 10.5 Å². The van der Waals surface area contributed by atoms with Crippen molar-refractivity contribution in [2.24, 2.45) is 11.8 Å². The van der Waals surface area contributed by atoms with Crippen LogP contribution in [0.25, 0.3) is 0 Å². The highest BCUT2D eigenvalue weighted by atomic mass is 32.2. The Morgan fingerprint density at radius 3 is 2.30 bits per heavy atom. The van der Waals surface area contributed by atoms with Gasteiger partial charge in [0.15, 0.2) is 11.6 Å². The molecular weight excluding hydrogens is 283 g/mol. The summed E-state index contributed by atoms with van der Waals surface area (Å²) < 4.78 is 45.0. The van der Waals surface area contributed by atoms with Gasteiger partial charge in [0.05, 0.1) is 17.7 Å². The Labute approximate surface area is 118 Å². The monoisotopic (exact) mass is 302 g/mol. The summed E-state index contributed by atoms with van der Waals surface area (Å²) in [5.74, 6) is -0.339. The van der Waals surface area contributed by atoms with Crippen molar-refractivity contribution in [1.82, 2.24) is 4.31 Å². The van der Waals surface area contributed by atoms with Gasteiger partial charge in [-0.25, -0.2) is 12.8 Å². The molecule has 20 heavy (non-hydrogen) atoms. The van der Waals surface area contributed by atoms with Crippen LogP contribution in [-0.2, 0) is 10.0 Å². The highest BCUT2D eigenvalue weighted by molar-refractivity contribution is 7.89. The van der Waals surface area contributed by atoms with E-state index in [1.807, 2.05) is 13.8 Å². The van der Waals surface area contributed by atoms with Crippen LogP contribution in [-0.4, -0.2) is 32.9 Å². The third kappa shape index (κ3) is 2.47. The summed E-state index contributed by atoms with van der Waals surface area (Å²) in [6.07, 6.45) is 0. The summed E-state index contributed by atoms with van der Waals surface area (Å²) in [6, 6.07) is 2.20. The first-order chi connectivity index (χ1) is 9.27. The highest BCUT2D eigenvalue weighted by Gasteiger charge is 2.35. The first kappa shape index (κ1) is 15.1. The average Bonchev–Trinajstić information content (AvgIpc) is 2.70. The molecule has 2 atom stereocenters. The Bertz CT molecular complexity index is 585. The van der Waals surface area contributed by atoms with Gasteiger partial charge in [-0.05, 0) is 24.0 Å². The maximum Gasteiger partial charge on any atom is 0.243 e.